The van der Waals surface area contributed by atoms with Crippen molar-refractivity contribution in [1.82, 2.24) is 0 Å². The Hall–Kier alpha value is -2.62. The Balaban J connectivity index is 2.13. The second-order valence-corrected chi connectivity index (χ2v) is 4.60. The summed E-state index contributed by atoms with van der Waals surface area (Å²) in [6.45, 7) is 0. The summed E-state index contributed by atoms with van der Waals surface area (Å²) in [5.74, 6) is -0.171. The van der Waals surface area contributed by atoms with Crippen LogP contribution in [0, 0.1) is 0 Å². The molecular weight excluding hydrogens is 266 g/mol. The molecule has 0 saturated carbocycles. The van der Waals surface area contributed by atoms with Gasteiger partial charge in [0.25, 0.3) is 0 Å². The SMILES string of the molecule is COC(=O)[C@@H](Cc1ccccc1)N=Cc1ccc(O)cc1. The van der Waals surface area contributed by atoms with Gasteiger partial charge >= 0.3 is 5.97 Å². The van der Waals surface area contributed by atoms with E-state index in [4.69, 9.17) is 4.74 Å². The monoisotopic (exact) mass is 283 g/mol. The molecule has 1 atom stereocenters. The van der Waals surface area contributed by atoms with Crippen LogP contribution in [-0.2, 0) is 16.0 Å². The van der Waals surface area contributed by atoms with Crippen molar-refractivity contribution in [3.63, 3.8) is 0 Å². The Morgan fingerprint density at radius 1 is 1.19 bits per heavy atom. The number of phenolic OH excluding ortho intramolecular Hbond substituents is 1. The van der Waals surface area contributed by atoms with Crippen molar-refractivity contribution in [3.8, 4) is 5.75 Å². The quantitative estimate of drug-likeness (QED) is 0.678. The Morgan fingerprint density at radius 2 is 1.86 bits per heavy atom. The average Bonchev–Trinajstić information content (AvgIpc) is 2.53. The lowest BCUT2D eigenvalue weighted by Crippen LogP contribution is -2.23. The fraction of sp³-hybridized carbons (Fsp3) is 0.176. The largest absolute Gasteiger partial charge is 0.508 e. The van der Waals surface area contributed by atoms with E-state index in [1.165, 1.54) is 7.11 Å². The smallest absolute Gasteiger partial charge is 0.330 e. The van der Waals surface area contributed by atoms with Gasteiger partial charge in [-0.1, -0.05) is 30.3 Å². The first-order chi connectivity index (χ1) is 10.2. The maximum absolute atomic E-state index is 11.8. The molecule has 0 heterocycles. The third kappa shape index (κ3) is 4.45. The first kappa shape index (κ1) is 14.8. The molecule has 108 valence electrons. The number of aliphatic imine (C=N–C) groups is 1. The number of benzene rings is 2. The number of rotatable bonds is 5. The van der Waals surface area contributed by atoms with E-state index in [1.54, 1.807) is 30.5 Å². The second-order valence-electron chi connectivity index (χ2n) is 4.60. The van der Waals surface area contributed by atoms with Crippen LogP contribution in [0.5, 0.6) is 5.75 Å². The van der Waals surface area contributed by atoms with E-state index in [1.807, 2.05) is 30.3 Å². The number of ether oxygens (including phenoxy) is 1. The van der Waals surface area contributed by atoms with E-state index < -0.39 is 6.04 Å². The van der Waals surface area contributed by atoms with Crippen LogP contribution in [0.15, 0.2) is 59.6 Å². The molecule has 0 aliphatic heterocycles. The van der Waals surface area contributed by atoms with Gasteiger partial charge in [-0.2, -0.15) is 0 Å². The molecule has 0 amide bonds. The number of nitrogens with zero attached hydrogens (tertiary/aromatic N) is 1. The summed E-state index contributed by atoms with van der Waals surface area (Å²) in [6.07, 6.45) is 2.10. The van der Waals surface area contributed by atoms with Crippen LogP contribution >= 0.6 is 0 Å². The van der Waals surface area contributed by atoms with Gasteiger partial charge in [-0.3, -0.25) is 4.99 Å². The van der Waals surface area contributed by atoms with Crippen LogP contribution in [0.2, 0.25) is 0 Å². The highest BCUT2D eigenvalue weighted by atomic mass is 16.5. The molecule has 0 saturated heterocycles. The van der Waals surface area contributed by atoms with E-state index >= 15 is 0 Å². The fourth-order valence-corrected chi connectivity index (χ4v) is 1.91. The summed E-state index contributed by atoms with van der Waals surface area (Å²) >= 11 is 0. The van der Waals surface area contributed by atoms with Crippen molar-refractivity contribution in [1.29, 1.82) is 0 Å². The maximum Gasteiger partial charge on any atom is 0.330 e. The van der Waals surface area contributed by atoms with Gasteiger partial charge in [-0.25, -0.2) is 4.79 Å². The molecule has 0 aliphatic rings. The van der Waals surface area contributed by atoms with Crippen molar-refractivity contribution in [2.45, 2.75) is 12.5 Å². The zero-order valence-corrected chi connectivity index (χ0v) is 11.8. The number of carbonyl (C=O) groups is 1. The second kappa shape index (κ2) is 7.24. The van der Waals surface area contributed by atoms with Crippen molar-refractivity contribution < 1.29 is 14.6 Å². The predicted octanol–water partition coefficient (Wildman–Crippen LogP) is 2.60. The highest BCUT2D eigenvalue weighted by molar-refractivity contribution is 5.84. The zero-order valence-electron chi connectivity index (χ0n) is 11.8. The minimum absolute atomic E-state index is 0.195. The molecule has 1 N–H and O–H groups in total. The minimum atomic E-state index is -0.578. The summed E-state index contributed by atoms with van der Waals surface area (Å²) in [6, 6.07) is 15.7. The van der Waals surface area contributed by atoms with Gasteiger partial charge in [0.2, 0.25) is 0 Å². The van der Waals surface area contributed by atoms with Crippen LogP contribution in [0.1, 0.15) is 11.1 Å². The number of phenols is 1. The first-order valence-electron chi connectivity index (χ1n) is 6.63. The van der Waals surface area contributed by atoms with E-state index in [0.717, 1.165) is 11.1 Å². The van der Waals surface area contributed by atoms with Gasteiger partial charge < -0.3 is 9.84 Å². The van der Waals surface area contributed by atoms with Crippen molar-refractivity contribution >= 4 is 12.2 Å². The molecule has 0 spiro atoms. The third-order valence-corrected chi connectivity index (χ3v) is 3.04. The van der Waals surface area contributed by atoms with Gasteiger partial charge in [0.15, 0.2) is 6.04 Å². The van der Waals surface area contributed by atoms with Crippen LogP contribution < -0.4 is 0 Å². The standard InChI is InChI=1S/C17H17NO3/c1-21-17(20)16(11-13-5-3-2-4-6-13)18-12-14-7-9-15(19)10-8-14/h2-10,12,16,19H,11H2,1H3/t16-/m1/s1. The van der Waals surface area contributed by atoms with Gasteiger partial charge in [-0.05, 0) is 35.4 Å². The normalized spacial score (nSPS) is 12.2. The molecular formula is C17H17NO3. The van der Waals surface area contributed by atoms with E-state index in [2.05, 4.69) is 4.99 Å². The van der Waals surface area contributed by atoms with Crippen LogP contribution in [0.3, 0.4) is 0 Å². The summed E-state index contributed by atoms with van der Waals surface area (Å²) in [5.41, 5.74) is 1.84. The fourth-order valence-electron chi connectivity index (χ4n) is 1.91. The molecule has 0 fully saturated rings. The summed E-state index contributed by atoms with van der Waals surface area (Å²) < 4.78 is 4.80. The first-order valence-corrected chi connectivity index (χ1v) is 6.63. The molecule has 4 heteroatoms. The lowest BCUT2D eigenvalue weighted by Gasteiger charge is -2.10. The molecule has 21 heavy (non-hydrogen) atoms. The van der Waals surface area contributed by atoms with Gasteiger partial charge in [0, 0.05) is 12.6 Å². The number of carbonyl (C=O) groups excluding carboxylic acids is 1. The summed E-state index contributed by atoms with van der Waals surface area (Å²) in [4.78, 5) is 16.1. The molecule has 0 bridgehead atoms. The maximum atomic E-state index is 11.8. The molecule has 2 rings (SSSR count). The number of methoxy groups -OCH3 is 1. The van der Waals surface area contributed by atoms with Gasteiger partial charge in [0.05, 0.1) is 7.11 Å². The number of aromatic hydroxyl groups is 1. The Labute approximate surface area is 123 Å². The van der Waals surface area contributed by atoms with E-state index in [9.17, 15) is 9.90 Å². The van der Waals surface area contributed by atoms with Gasteiger partial charge in [0.1, 0.15) is 5.75 Å². The lowest BCUT2D eigenvalue weighted by atomic mass is 10.1. The Morgan fingerprint density at radius 3 is 2.48 bits per heavy atom. The van der Waals surface area contributed by atoms with Crippen LogP contribution in [-0.4, -0.2) is 30.4 Å². The third-order valence-electron chi connectivity index (χ3n) is 3.04. The average molecular weight is 283 g/mol. The summed E-state index contributed by atoms with van der Waals surface area (Å²) in [7, 11) is 1.36. The van der Waals surface area contributed by atoms with Crippen LogP contribution in [0.4, 0.5) is 0 Å². The number of esters is 1. The Bertz CT molecular complexity index is 606. The van der Waals surface area contributed by atoms with E-state index in [-0.39, 0.29) is 11.7 Å². The lowest BCUT2D eigenvalue weighted by molar-refractivity contribution is -0.142. The number of hydrogen-bond donors (Lipinski definition) is 1. The zero-order chi connectivity index (χ0) is 15.1. The molecule has 2 aromatic carbocycles. The van der Waals surface area contributed by atoms with E-state index in [0.29, 0.717) is 6.42 Å². The van der Waals surface area contributed by atoms with Crippen LogP contribution in [0.25, 0.3) is 0 Å². The topological polar surface area (TPSA) is 58.9 Å². The highest BCUT2D eigenvalue weighted by Crippen LogP contribution is 2.10. The number of hydrogen-bond acceptors (Lipinski definition) is 4. The molecule has 0 aromatic heterocycles. The van der Waals surface area contributed by atoms with Gasteiger partial charge in [-0.15, -0.1) is 0 Å². The molecule has 0 radical (unpaired) electrons. The van der Waals surface area contributed by atoms with Crippen molar-refractivity contribution in [2.24, 2.45) is 4.99 Å². The Kier molecular flexibility index (Phi) is 5.10. The predicted molar refractivity (Wildman–Crippen MR) is 81.7 cm³/mol. The summed E-state index contributed by atoms with van der Waals surface area (Å²) in [5, 5.41) is 9.24. The van der Waals surface area contributed by atoms with Crippen molar-refractivity contribution in [3.05, 3.63) is 65.7 Å². The molecule has 0 unspecified atom stereocenters. The molecule has 0 aliphatic carbocycles. The molecule has 2 aromatic rings. The minimum Gasteiger partial charge on any atom is -0.508 e. The van der Waals surface area contributed by atoms with Crippen molar-refractivity contribution in [2.75, 3.05) is 7.11 Å². The molecule has 4 nitrogen and oxygen atoms in total. The highest BCUT2D eigenvalue weighted by Gasteiger charge is 2.17.